The van der Waals surface area contributed by atoms with Gasteiger partial charge < -0.3 is 20.1 Å². The molecule has 0 spiro atoms. The van der Waals surface area contributed by atoms with Gasteiger partial charge in [0.2, 0.25) is 5.91 Å². The van der Waals surface area contributed by atoms with Crippen molar-refractivity contribution in [1.82, 2.24) is 10.2 Å². The van der Waals surface area contributed by atoms with Crippen molar-refractivity contribution in [1.29, 1.82) is 0 Å². The van der Waals surface area contributed by atoms with Crippen LogP contribution < -0.4 is 5.32 Å². The second-order valence-electron chi connectivity index (χ2n) is 10.3. The van der Waals surface area contributed by atoms with Gasteiger partial charge in [0, 0.05) is 13.0 Å². The van der Waals surface area contributed by atoms with Crippen molar-refractivity contribution in [3.8, 4) is 11.1 Å². The Morgan fingerprint density at radius 2 is 1.57 bits per heavy atom. The van der Waals surface area contributed by atoms with Crippen LogP contribution in [0.3, 0.4) is 0 Å². The third-order valence-corrected chi connectivity index (χ3v) is 6.60. The monoisotopic (exact) mass is 480 g/mol. The lowest BCUT2D eigenvalue weighted by Gasteiger charge is -2.30. The van der Waals surface area contributed by atoms with Crippen LogP contribution >= 0.6 is 0 Å². The van der Waals surface area contributed by atoms with E-state index in [0.29, 0.717) is 12.8 Å². The minimum absolute atomic E-state index is 0.0586. The molecule has 0 aliphatic heterocycles. The van der Waals surface area contributed by atoms with Crippen LogP contribution in [0.4, 0.5) is 4.79 Å². The highest BCUT2D eigenvalue weighted by Gasteiger charge is 2.33. The molecule has 2 unspecified atom stereocenters. The highest BCUT2D eigenvalue weighted by atomic mass is 16.5. The summed E-state index contributed by atoms with van der Waals surface area (Å²) < 4.78 is 5.63. The first-order valence-corrected chi connectivity index (χ1v) is 12.1. The minimum Gasteiger partial charge on any atom is -0.480 e. The molecule has 0 heterocycles. The van der Waals surface area contributed by atoms with Crippen molar-refractivity contribution in [2.75, 3.05) is 13.7 Å². The third-order valence-electron chi connectivity index (χ3n) is 6.60. The fourth-order valence-corrected chi connectivity index (χ4v) is 4.63. The zero-order valence-corrected chi connectivity index (χ0v) is 21.2. The summed E-state index contributed by atoms with van der Waals surface area (Å²) in [5.41, 5.74) is 4.42. The molecule has 1 aliphatic rings. The van der Waals surface area contributed by atoms with Crippen molar-refractivity contribution in [2.24, 2.45) is 5.41 Å². The number of amides is 2. The quantitative estimate of drug-likeness (QED) is 0.524. The minimum atomic E-state index is -1.07. The van der Waals surface area contributed by atoms with Crippen LogP contribution in [0.1, 0.15) is 64.0 Å². The Morgan fingerprint density at radius 3 is 2.06 bits per heavy atom. The van der Waals surface area contributed by atoms with Gasteiger partial charge in [-0.2, -0.15) is 0 Å². The number of rotatable bonds is 9. The van der Waals surface area contributed by atoms with Gasteiger partial charge >= 0.3 is 12.1 Å². The van der Waals surface area contributed by atoms with E-state index >= 15 is 0 Å². The van der Waals surface area contributed by atoms with E-state index in [0.717, 1.165) is 22.3 Å². The van der Waals surface area contributed by atoms with Crippen molar-refractivity contribution < 1.29 is 24.2 Å². The molecule has 0 bridgehead atoms. The Morgan fingerprint density at radius 1 is 1.03 bits per heavy atom. The fraction of sp³-hybridized carbons (Fsp3) is 0.464. The lowest BCUT2D eigenvalue weighted by atomic mass is 9.88. The molecule has 2 aromatic rings. The van der Waals surface area contributed by atoms with Crippen LogP contribution in [0.15, 0.2) is 48.5 Å². The van der Waals surface area contributed by atoms with Gasteiger partial charge in [0.25, 0.3) is 0 Å². The van der Waals surface area contributed by atoms with Gasteiger partial charge in [-0.15, -0.1) is 0 Å². The summed E-state index contributed by atoms with van der Waals surface area (Å²) in [5.74, 6) is -1.59. The molecule has 0 aromatic heterocycles. The van der Waals surface area contributed by atoms with E-state index in [1.54, 1.807) is 6.92 Å². The predicted octanol–water partition coefficient (Wildman–Crippen LogP) is 5.04. The number of carboxylic acids is 1. The zero-order chi connectivity index (χ0) is 25.8. The average molecular weight is 481 g/mol. The van der Waals surface area contributed by atoms with E-state index in [9.17, 15) is 19.5 Å². The van der Waals surface area contributed by atoms with Crippen LogP contribution in [0.5, 0.6) is 0 Å². The van der Waals surface area contributed by atoms with Crippen LogP contribution in [0.25, 0.3) is 11.1 Å². The van der Waals surface area contributed by atoms with Gasteiger partial charge in [-0.25, -0.2) is 9.59 Å². The first-order chi connectivity index (χ1) is 16.5. The van der Waals surface area contributed by atoms with Crippen molar-refractivity contribution in [3.05, 3.63) is 59.7 Å². The molecule has 7 heteroatoms. The zero-order valence-electron chi connectivity index (χ0n) is 21.2. The smallest absolute Gasteiger partial charge is 0.407 e. The Bertz CT molecular complexity index is 1030. The summed E-state index contributed by atoms with van der Waals surface area (Å²) >= 11 is 0. The largest absolute Gasteiger partial charge is 0.480 e. The molecule has 0 saturated carbocycles. The van der Waals surface area contributed by atoms with Crippen LogP contribution in [0.2, 0.25) is 0 Å². The second-order valence-corrected chi connectivity index (χ2v) is 10.3. The van der Waals surface area contributed by atoms with Crippen LogP contribution in [-0.2, 0) is 14.3 Å². The number of carbonyl (C=O) groups excluding carboxylic acids is 2. The standard InChI is InChI=1S/C28H36N2O5/c1-6-24(26(32)33)30(5)25(31)23(15-16-28(2,3)4)29-27(34)35-17-22-20-13-9-7-11-18(20)19-12-8-10-14-21(19)22/h7-14,22-24H,6,15-17H2,1-5H3,(H,29,34)(H,32,33). The van der Waals surface area contributed by atoms with E-state index < -0.39 is 30.1 Å². The molecule has 1 aliphatic carbocycles. The summed E-state index contributed by atoms with van der Waals surface area (Å²) in [6.45, 7) is 8.02. The highest BCUT2D eigenvalue weighted by Crippen LogP contribution is 2.44. The number of benzene rings is 2. The molecule has 35 heavy (non-hydrogen) atoms. The van der Waals surface area contributed by atoms with Gasteiger partial charge in [-0.05, 0) is 46.9 Å². The molecule has 0 radical (unpaired) electrons. The third kappa shape index (κ3) is 6.21. The summed E-state index contributed by atoms with van der Waals surface area (Å²) in [7, 11) is 1.47. The molecule has 2 N–H and O–H groups in total. The van der Waals surface area contributed by atoms with Crippen molar-refractivity contribution >= 4 is 18.0 Å². The first-order valence-electron chi connectivity index (χ1n) is 12.1. The van der Waals surface area contributed by atoms with Gasteiger partial charge in [0.15, 0.2) is 0 Å². The van der Waals surface area contributed by atoms with Gasteiger partial charge in [0.1, 0.15) is 18.7 Å². The summed E-state index contributed by atoms with van der Waals surface area (Å²) in [6.07, 6.45) is 0.641. The number of carboxylic acid groups (broad SMARTS) is 1. The van der Waals surface area contributed by atoms with E-state index in [-0.39, 0.29) is 24.4 Å². The van der Waals surface area contributed by atoms with Crippen LogP contribution in [0, 0.1) is 5.41 Å². The topological polar surface area (TPSA) is 95.9 Å². The van der Waals surface area contributed by atoms with Crippen LogP contribution in [-0.4, -0.2) is 53.7 Å². The van der Waals surface area contributed by atoms with Crippen molar-refractivity contribution in [2.45, 2.75) is 65.0 Å². The maximum absolute atomic E-state index is 13.2. The molecule has 0 fully saturated rings. The molecule has 2 amide bonds. The normalized spacial score (nSPS) is 14.4. The first kappa shape index (κ1) is 26.3. The van der Waals surface area contributed by atoms with Gasteiger partial charge in [-0.1, -0.05) is 76.2 Å². The lowest BCUT2D eigenvalue weighted by Crippen LogP contribution is -2.52. The lowest BCUT2D eigenvalue weighted by molar-refractivity contribution is -0.150. The fourth-order valence-electron chi connectivity index (χ4n) is 4.63. The number of hydrogen-bond donors (Lipinski definition) is 2. The molecule has 188 valence electrons. The number of nitrogens with zero attached hydrogens (tertiary/aromatic N) is 1. The summed E-state index contributed by atoms with van der Waals surface area (Å²) in [4.78, 5) is 38.8. The van der Waals surface area contributed by atoms with E-state index in [2.05, 4.69) is 38.2 Å². The SMILES string of the molecule is CCC(C(=O)O)N(C)C(=O)C(CCC(C)(C)C)NC(=O)OCC1c2ccccc2-c2ccccc21. The Balaban J connectivity index is 1.72. The Hall–Kier alpha value is -3.35. The number of alkyl carbamates (subject to hydrolysis) is 1. The maximum atomic E-state index is 13.2. The second kappa shape index (κ2) is 10.9. The Kier molecular flexibility index (Phi) is 8.20. The number of hydrogen-bond acceptors (Lipinski definition) is 4. The molecule has 7 nitrogen and oxygen atoms in total. The summed E-state index contributed by atoms with van der Waals surface area (Å²) in [6, 6.07) is 14.3. The maximum Gasteiger partial charge on any atom is 0.407 e. The molecular weight excluding hydrogens is 444 g/mol. The number of likely N-dealkylation sites (N-methyl/N-ethyl adjacent to an activating group) is 1. The van der Waals surface area contributed by atoms with E-state index in [4.69, 9.17) is 4.74 Å². The van der Waals surface area contributed by atoms with Gasteiger partial charge in [0.05, 0.1) is 0 Å². The number of carbonyl (C=O) groups is 3. The number of nitrogens with one attached hydrogen (secondary N) is 1. The average Bonchev–Trinajstić information content (AvgIpc) is 3.13. The highest BCUT2D eigenvalue weighted by molar-refractivity contribution is 5.89. The molecular formula is C28H36N2O5. The molecule has 2 aromatic carbocycles. The predicted molar refractivity (Wildman–Crippen MR) is 135 cm³/mol. The number of fused-ring (bicyclic) bond motifs is 3. The molecule has 2 atom stereocenters. The van der Waals surface area contributed by atoms with E-state index in [1.165, 1.54) is 11.9 Å². The van der Waals surface area contributed by atoms with Crippen molar-refractivity contribution in [3.63, 3.8) is 0 Å². The number of ether oxygens (including phenoxy) is 1. The number of aliphatic carboxylic acids is 1. The summed E-state index contributed by atoms with van der Waals surface area (Å²) in [5, 5.41) is 12.2. The molecule has 0 saturated heterocycles. The molecule has 3 rings (SSSR count). The van der Waals surface area contributed by atoms with E-state index in [1.807, 2.05) is 36.4 Å². The Labute approximate surface area is 207 Å². The van der Waals surface area contributed by atoms with Gasteiger partial charge in [-0.3, -0.25) is 4.79 Å².